The number of methoxy groups -OCH3 is 1. The van der Waals surface area contributed by atoms with Crippen molar-refractivity contribution in [3.63, 3.8) is 0 Å². The van der Waals surface area contributed by atoms with Crippen LogP contribution in [-0.2, 0) is 22.4 Å². The molecule has 0 N–H and O–H groups in total. The predicted molar refractivity (Wildman–Crippen MR) is 76.4 cm³/mol. The van der Waals surface area contributed by atoms with E-state index in [1.165, 1.54) is 14.0 Å². The lowest BCUT2D eigenvalue weighted by Gasteiger charge is -2.21. The maximum absolute atomic E-state index is 12.8. The molecule has 1 amide bonds. The van der Waals surface area contributed by atoms with Crippen LogP contribution in [0, 0.1) is 0 Å². The van der Waals surface area contributed by atoms with Gasteiger partial charge < -0.3 is 4.74 Å². The van der Waals surface area contributed by atoms with Crippen LogP contribution in [0.2, 0.25) is 0 Å². The molecule has 0 unspecified atom stereocenters. The molecule has 1 aliphatic rings. The maximum atomic E-state index is 12.8. The van der Waals surface area contributed by atoms with Gasteiger partial charge in [0.1, 0.15) is 5.00 Å². The summed E-state index contributed by atoms with van der Waals surface area (Å²) in [5.41, 5.74) is 0.841. The van der Waals surface area contributed by atoms with Crippen LogP contribution in [0.5, 0.6) is 0 Å². The molecule has 1 aromatic heterocycles. The molecule has 2 rings (SSSR count). The Hall–Kier alpha value is -1.57. The molecule has 1 aromatic rings. The molecule has 0 bridgehead atoms. The number of carbonyl (C=O) groups excluding carboxylic acids is 2. The summed E-state index contributed by atoms with van der Waals surface area (Å²) in [6, 6.07) is 0. The van der Waals surface area contributed by atoms with E-state index < -0.39 is 18.1 Å². The summed E-state index contributed by atoms with van der Waals surface area (Å²) in [4.78, 5) is 25.1. The third-order valence-corrected chi connectivity index (χ3v) is 4.91. The van der Waals surface area contributed by atoms with Gasteiger partial charge in [-0.2, -0.15) is 13.2 Å². The van der Waals surface area contributed by atoms with Gasteiger partial charge in [-0.25, -0.2) is 4.79 Å². The molecule has 0 spiro atoms. The number of hydrogen-bond donors (Lipinski definition) is 0. The molecule has 0 radical (unpaired) electrons. The summed E-state index contributed by atoms with van der Waals surface area (Å²) >= 11 is 1.09. The van der Waals surface area contributed by atoms with Gasteiger partial charge in [0.25, 0.3) is 0 Å². The van der Waals surface area contributed by atoms with E-state index in [0.717, 1.165) is 34.6 Å². The van der Waals surface area contributed by atoms with Crippen molar-refractivity contribution in [2.75, 3.05) is 18.6 Å². The van der Waals surface area contributed by atoms with Crippen LogP contribution >= 0.6 is 11.3 Å². The highest BCUT2D eigenvalue weighted by Gasteiger charge is 2.44. The number of alkyl halides is 3. The van der Waals surface area contributed by atoms with Gasteiger partial charge >= 0.3 is 18.1 Å². The van der Waals surface area contributed by atoms with Crippen molar-refractivity contribution in [1.29, 1.82) is 0 Å². The summed E-state index contributed by atoms with van der Waals surface area (Å²) < 4.78 is 43.0. The van der Waals surface area contributed by atoms with Gasteiger partial charge in [0.05, 0.1) is 12.7 Å². The van der Waals surface area contributed by atoms with Crippen LogP contribution in [0.4, 0.5) is 18.2 Å². The fraction of sp³-hybridized carbons (Fsp3) is 0.571. The van der Waals surface area contributed by atoms with E-state index in [9.17, 15) is 22.8 Å². The van der Waals surface area contributed by atoms with E-state index in [-0.39, 0.29) is 17.1 Å². The van der Waals surface area contributed by atoms with Gasteiger partial charge in [0, 0.05) is 11.4 Å². The number of nitrogens with zero attached hydrogens (tertiary/aromatic N) is 1. The molecule has 22 heavy (non-hydrogen) atoms. The molecule has 122 valence electrons. The van der Waals surface area contributed by atoms with Crippen molar-refractivity contribution < 1.29 is 27.5 Å². The van der Waals surface area contributed by atoms with Crippen LogP contribution in [0.1, 0.15) is 40.6 Å². The topological polar surface area (TPSA) is 46.6 Å². The van der Waals surface area contributed by atoms with Gasteiger partial charge in [0.2, 0.25) is 0 Å². The molecular formula is C14H16F3NO3S. The predicted octanol–water partition coefficient (Wildman–Crippen LogP) is 3.33. The fourth-order valence-corrected chi connectivity index (χ4v) is 4.02. The highest BCUT2D eigenvalue weighted by Crippen LogP contribution is 2.41. The SMILES string of the molecule is CCN(C(=O)C(F)(F)F)c1sc2c(c1C(=O)OC)CCCC2. The first-order valence-electron chi connectivity index (χ1n) is 6.92. The Morgan fingerprint density at radius 2 is 1.91 bits per heavy atom. The van der Waals surface area contributed by atoms with Gasteiger partial charge in [-0.1, -0.05) is 0 Å². The molecule has 0 saturated carbocycles. The third-order valence-electron chi connectivity index (χ3n) is 3.59. The average molecular weight is 335 g/mol. The second-order valence-electron chi connectivity index (χ2n) is 4.93. The second-order valence-corrected chi connectivity index (χ2v) is 6.01. The zero-order chi connectivity index (χ0) is 16.5. The van der Waals surface area contributed by atoms with E-state index in [1.807, 2.05) is 0 Å². The number of aryl methyl sites for hydroxylation is 1. The van der Waals surface area contributed by atoms with Crippen molar-refractivity contribution in [3.05, 3.63) is 16.0 Å². The number of hydrogen-bond acceptors (Lipinski definition) is 4. The Labute approximate surface area is 129 Å². The van der Waals surface area contributed by atoms with E-state index in [4.69, 9.17) is 4.74 Å². The molecule has 1 aliphatic carbocycles. The van der Waals surface area contributed by atoms with E-state index in [2.05, 4.69) is 0 Å². The van der Waals surface area contributed by atoms with E-state index in [1.54, 1.807) is 0 Å². The number of rotatable bonds is 3. The van der Waals surface area contributed by atoms with Crippen molar-refractivity contribution in [1.82, 2.24) is 0 Å². The standard InChI is InChI=1S/C14H16F3NO3S/c1-3-18(13(20)14(15,16)17)11-10(12(19)21-2)8-6-4-5-7-9(8)22-11/h3-7H2,1-2H3. The first kappa shape index (κ1) is 16.8. The Bertz CT molecular complexity index is 595. The lowest BCUT2D eigenvalue weighted by atomic mass is 9.95. The van der Waals surface area contributed by atoms with Crippen molar-refractivity contribution in [3.8, 4) is 0 Å². The van der Waals surface area contributed by atoms with Crippen LogP contribution < -0.4 is 4.90 Å². The molecule has 0 aliphatic heterocycles. The molecule has 0 saturated heterocycles. The lowest BCUT2D eigenvalue weighted by Crippen LogP contribution is -2.41. The second kappa shape index (κ2) is 6.28. The first-order chi connectivity index (χ1) is 10.3. The lowest BCUT2D eigenvalue weighted by molar-refractivity contribution is -0.170. The summed E-state index contributed by atoms with van der Waals surface area (Å²) in [5, 5.41) is 0.0450. The molecule has 4 nitrogen and oxygen atoms in total. The molecule has 0 aromatic carbocycles. The molecular weight excluding hydrogens is 319 g/mol. The van der Waals surface area contributed by atoms with Gasteiger partial charge in [0.15, 0.2) is 0 Å². The quantitative estimate of drug-likeness (QED) is 0.796. The Morgan fingerprint density at radius 1 is 1.27 bits per heavy atom. The summed E-state index contributed by atoms with van der Waals surface area (Å²) in [6.07, 6.45) is -1.86. The molecule has 0 fully saturated rings. The zero-order valence-corrected chi connectivity index (χ0v) is 13.1. The fourth-order valence-electron chi connectivity index (χ4n) is 2.59. The van der Waals surface area contributed by atoms with Crippen LogP contribution in [-0.4, -0.2) is 31.7 Å². The van der Waals surface area contributed by atoms with Gasteiger partial charge in [-0.3, -0.25) is 9.69 Å². The highest BCUT2D eigenvalue weighted by molar-refractivity contribution is 7.17. The van der Waals surface area contributed by atoms with E-state index >= 15 is 0 Å². The van der Waals surface area contributed by atoms with Crippen molar-refractivity contribution >= 4 is 28.2 Å². The Morgan fingerprint density at radius 3 is 2.45 bits per heavy atom. The normalized spacial score (nSPS) is 14.4. The number of fused-ring (bicyclic) bond motifs is 1. The third kappa shape index (κ3) is 2.97. The van der Waals surface area contributed by atoms with E-state index in [0.29, 0.717) is 17.7 Å². The van der Waals surface area contributed by atoms with Crippen molar-refractivity contribution in [2.45, 2.75) is 38.8 Å². The van der Waals surface area contributed by atoms with Crippen molar-refractivity contribution in [2.24, 2.45) is 0 Å². The number of esters is 1. The van der Waals surface area contributed by atoms with Crippen LogP contribution in [0.25, 0.3) is 0 Å². The Balaban J connectivity index is 2.55. The number of carbonyl (C=O) groups is 2. The van der Waals surface area contributed by atoms with Crippen LogP contribution in [0.15, 0.2) is 0 Å². The minimum atomic E-state index is -4.98. The largest absolute Gasteiger partial charge is 0.471 e. The minimum Gasteiger partial charge on any atom is -0.465 e. The Kier molecular flexibility index (Phi) is 4.79. The van der Waals surface area contributed by atoms with Gasteiger partial charge in [-0.15, -0.1) is 11.3 Å². The minimum absolute atomic E-state index is 0.0450. The number of amides is 1. The number of thiophene rings is 1. The van der Waals surface area contributed by atoms with Crippen LogP contribution in [0.3, 0.4) is 0 Å². The monoisotopic (exact) mass is 335 g/mol. The summed E-state index contributed by atoms with van der Waals surface area (Å²) in [7, 11) is 1.18. The number of halogens is 3. The number of ether oxygens (including phenoxy) is 1. The first-order valence-corrected chi connectivity index (χ1v) is 7.74. The highest BCUT2D eigenvalue weighted by atomic mass is 32.1. The molecule has 8 heteroatoms. The molecule has 1 heterocycles. The molecule has 0 atom stereocenters. The smallest absolute Gasteiger partial charge is 0.465 e. The zero-order valence-electron chi connectivity index (χ0n) is 12.2. The van der Waals surface area contributed by atoms with Gasteiger partial charge in [-0.05, 0) is 38.2 Å². The summed E-state index contributed by atoms with van der Waals surface area (Å²) in [6.45, 7) is 1.28. The maximum Gasteiger partial charge on any atom is 0.471 e. The number of anilines is 1. The summed E-state index contributed by atoms with van der Waals surface area (Å²) in [5.74, 6) is -2.65. The average Bonchev–Trinajstić information content (AvgIpc) is 2.85.